The minimum atomic E-state index is -0.488. The van der Waals surface area contributed by atoms with Crippen LogP contribution in [0.1, 0.15) is 126 Å². The number of nitrogens with one attached hydrogen (secondary N) is 4. The number of Topliss-reactive ketones (excluding diaryl/α,β-unsaturated/α-hetero) is 4. The van der Waals surface area contributed by atoms with E-state index in [1.54, 1.807) is 12.1 Å². The molecule has 0 amide bonds. The first-order valence-corrected chi connectivity index (χ1v) is 37.4. The van der Waals surface area contributed by atoms with Gasteiger partial charge in [-0.25, -0.2) is 19.9 Å². The van der Waals surface area contributed by atoms with Crippen LogP contribution in [0, 0.1) is 0 Å². The van der Waals surface area contributed by atoms with Crippen molar-refractivity contribution in [3.63, 3.8) is 0 Å². The average molecular weight is 1450 g/mol. The van der Waals surface area contributed by atoms with E-state index in [0.29, 0.717) is 123 Å². The Morgan fingerprint density at radius 1 is 0.241 bits per heavy atom. The Labute approximate surface area is 642 Å². The second kappa shape index (κ2) is 26.6. The zero-order valence-corrected chi connectivity index (χ0v) is 61.1. The maximum atomic E-state index is 15.9. The summed E-state index contributed by atoms with van der Waals surface area (Å²) in [4.78, 5) is 101. The molecule has 4 N–H and O–H groups in total. The number of benzene rings is 8. The second-order valence-corrected chi connectivity index (χ2v) is 28.9. The summed E-state index contributed by atoms with van der Waals surface area (Å²) in [5, 5.41) is 2.98. The van der Waals surface area contributed by atoms with Gasteiger partial charge in [0.15, 0.2) is 23.1 Å². The Balaban J connectivity index is 0.903. The van der Waals surface area contributed by atoms with Crippen molar-refractivity contribution in [3.8, 4) is 55.6 Å². The van der Waals surface area contributed by atoms with Crippen LogP contribution in [0.15, 0.2) is 254 Å². The van der Waals surface area contributed by atoms with Crippen molar-refractivity contribution in [2.75, 3.05) is 0 Å². The fourth-order valence-electron chi connectivity index (χ4n) is 16.6. The minimum absolute atomic E-state index is 0.0560. The van der Waals surface area contributed by atoms with Gasteiger partial charge in [-0.15, -0.1) is 0 Å². The zero-order valence-electron chi connectivity index (χ0n) is 61.1. The summed E-state index contributed by atoms with van der Waals surface area (Å²) >= 11 is 0. The van der Waals surface area contributed by atoms with E-state index in [0.717, 1.165) is 66.3 Å². The molecule has 4 aliphatic heterocycles. The molecule has 2 aliphatic carbocycles. The first-order chi connectivity index (χ1) is 54.8. The molecule has 8 aromatic carbocycles. The summed E-state index contributed by atoms with van der Waals surface area (Å²) in [5.41, 5.74) is 19.8. The smallest absolute Gasteiger partial charge is 0.229 e. The third-order valence-electron chi connectivity index (χ3n) is 21.3. The van der Waals surface area contributed by atoms with Crippen molar-refractivity contribution >= 4 is 149 Å². The lowest BCUT2D eigenvalue weighted by Gasteiger charge is -2.24. The maximum absolute atomic E-state index is 15.9. The molecule has 0 saturated carbocycles. The molecule has 10 heterocycles. The van der Waals surface area contributed by atoms with E-state index >= 15 is 19.2 Å². The molecule has 20 rings (SSSR count). The highest BCUT2D eigenvalue weighted by Gasteiger charge is 2.41. The van der Waals surface area contributed by atoms with Gasteiger partial charge in [0, 0.05) is 111 Å². The molecule has 0 unspecified atom stereocenters. The summed E-state index contributed by atoms with van der Waals surface area (Å²) in [6.45, 7) is 7.43. The van der Waals surface area contributed by atoms with Gasteiger partial charge in [-0.3, -0.25) is 19.2 Å². The van der Waals surface area contributed by atoms with Crippen LogP contribution in [0.25, 0.3) is 181 Å². The number of ether oxygens (including phenoxy) is 2. The van der Waals surface area contributed by atoms with Crippen LogP contribution in [-0.4, -0.2) is 75.2 Å². The van der Waals surface area contributed by atoms with Gasteiger partial charge in [-0.2, -0.15) is 0 Å². The Bertz CT molecular complexity index is 6570. The predicted molar refractivity (Wildman–Crippen MR) is 450 cm³/mol. The molecule has 0 radical (unpaired) electrons. The molecule has 534 valence electrons. The summed E-state index contributed by atoms with van der Waals surface area (Å²) in [6.07, 6.45) is 15.0. The molecule has 6 aliphatic rings. The van der Waals surface area contributed by atoms with E-state index < -0.39 is 23.8 Å². The van der Waals surface area contributed by atoms with Crippen molar-refractivity contribution < 1.29 is 28.7 Å². The molecular weight excluding hydrogens is 1390 g/mol. The number of ketones is 4. The maximum Gasteiger partial charge on any atom is 0.229 e. The number of carbonyl (C=O) groups excluding carboxylic acids is 4. The minimum Gasteiger partial charge on any atom is -0.486 e. The number of fused-ring (bicyclic) bond motifs is 22. The Morgan fingerprint density at radius 2 is 0.482 bits per heavy atom. The number of nitrogens with zero attached hydrogens (tertiary/aromatic N) is 4. The quantitative estimate of drug-likeness (QED) is 0.0965. The number of hydrogen-bond donors (Lipinski definition) is 4. The topological polar surface area (TPSA) is 201 Å². The van der Waals surface area contributed by atoms with Crippen LogP contribution in [0.2, 0.25) is 0 Å². The van der Waals surface area contributed by atoms with E-state index in [1.165, 1.54) is 0 Å². The van der Waals surface area contributed by atoms with Gasteiger partial charge in [-0.05, 0) is 181 Å². The second-order valence-electron chi connectivity index (χ2n) is 28.9. The number of carbonyl (C=O) groups is 4. The summed E-state index contributed by atoms with van der Waals surface area (Å²) in [6, 6.07) is 79.1. The number of H-pyrrole nitrogens is 4. The molecule has 14 nitrogen and oxygen atoms in total. The molecule has 0 atom stereocenters. The first kappa shape index (κ1) is 66.7. The van der Waals surface area contributed by atoms with Crippen molar-refractivity contribution in [2.24, 2.45) is 0 Å². The number of aromatic nitrogens is 8. The molecule has 14 aromatic rings. The van der Waals surface area contributed by atoms with Gasteiger partial charge in [0.25, 0.3) is 0 Å². The molecule has 0 spiro atoms. The van der Waals surface area contributed by atoms with Crippen LogP contribution < -0.4 is 0 Å². The van der Waals surface area contributed by atoms with Gasteiger partial charge in [0.1, 0.15) is 0 Å². The standard InChI is InChI=1S/C98H66N8O6/c1-53(2)111-97-91(93(107)63-35-33-55-21-17-19-31-61(55)85(63)95(97)109)89-77-49-41-69(103-77)81(57-23-9-5-10-24-57)65-37-45-73(99-65)87(74-46-38-66(100-74)82(58-25-11-6-12-26-58)70-42-50-78(89)104-70)88-75-47-39-67(101-75)83(59-27-13-7-14-28-59)71-43-51-79(105-71)90(80-52-44-72(106-80)84(60-29-15-8-16-30-60)68-40-48-76(88)102-68)92-94(108)64-36-34-56-22-18-20-32-62(56)86(64)96(110)98(92)112-54(3)4/h5-54,99,101,104,106H,1-4H3. The number of hydrogen-bond acceptors (Lipinski definition) is 10. The molecule has 0 fully saturated rings. The highest BCUT2D eigenvalue weighted by molar-refractivity contribution is 6.44. The van der Waals surface area contributed by atoms with Crippen LogP contribution in [0.4, 0.5) is 0 Å². The normalized spacial score (nSPS) is 13.7. The van der Waals surface area contributed by atoms with Crippen molar-refractivity contribution in [3.05, 3.63) is 333 Å². The van der Waals surface area contributed by atoms with Crippen LogP contribution >= 0.6 is 0 Å². The van der Waals surface area contributed by atoms with Crippen LogP contribution in [-0.2, 0) is 9.47 Å². The van der Waals surface area contributed by atoms with Crippen LogP contribution in [0.3, 0.4) is 0 Å². The first-order valence-electron chi connectivity index (χ1n) is 37.4. The Hall–Kier alpha value is -14.8. The van der Waals surface area contributed by atoms with E-state index in [1.807, 2.05) is 222 Å². The van der Waals surface area contributed by atoms with E-state index in [4.69, 9.17) is 29.4 Å². The molecular formula is C98H66N8O6. The van der Waals surface area contributed by atoms with Crippen molar-refractivity contribution in [1.82, 2.24) is 39.9 Å². The van der Waals surface area contributed by atoms with Gasteiger partial charge >= 0.3 is 0 Å². The van der Waals surface area contributed by atoms with Gasteiger partial charge in [0.2, 0.25) is 11.6 Å². The lowest BCUT2D eigenvalue weighted by atomic mass is 9.82. The van der Waals surface area contributed by atoms with E-state index in [-0.39, 0.29) is 45.4 Å². The van der Waals surface area contributed by atoms with Gasteiger partial charge < -0.3 is 29.4 Å². The Morgan fingerprint density at radius 3 is 0.768 bits per heavy atom. The predicted octanol–water partition coefficient (Wildman–Crippen LogP) is 22.7. The van der Waals surface area contributed by atoms with Crippen molar-refractivity contribution in [2.45, 2.75) is 39.9 Å². The number of rotatable bonds is 11. The van der Waals surface area contributed by atoms with E-state index in [2.05, 4.69) is 105 Å². The fourth-order valence-corrected chi connectivity index (χ4v) is 16.6. The highest BCUT2D eigenvalue weighted by Crippen LogP contribution is 2.47. The molecule has 112 heavy (non-hydrogen) atoms. The molecule has 14 heteroatoms. The van der Waals surface area contributed by atoms with Crippen molar-refractivity contribution in [1.29, 1.82) is 0 Å². The SMILES string of the molecule is CC(C)OC1=C(c2c3nc(c(-c4ccccc4)c4ccc([nH]4)c(-c4c5nc(c(-c6ccccc6)c6ccc([nH]6)c(C6=C(OC(C)C)C(=O)c7c(ccc8ccccc78)C6=O)c6nc(c(-c7ccccc7)c7ccc4[nH]7)C=C6)C=C5)c4nc(c(-c5ccccc5)c5ccc2[nH]5)C=C4)C=C3)C(=O)c2ccc3ccccc3c2C1=O. The third kappa shape index (κ3) is 11.0. The highest BCUT2D eigenvalue weighted by atomic mass is 16.5. The number of allylic oxidation sites excluding steroid dienone is 4. The van der Waals surface area contributed by atoms with Crippen LogP contribution in [0.5, 0.6) is 0 Å². The summed E-state index contributed by atoms with van der Waals surface area (Å²) in [7, 11) is 0. The lowest BCUT2D eigenvalue weighted by Crippen LogP contribution is -2.25. The fraction of sp³-hybridized carbons (Fsp3) is 0.0612. The van der Waals surface area contributed by atoms with Gasteiger partial charge in [0.05, 0.1) is 68.9 Å². The summed E-state index contributed by atoms with van der Waals surface area (Å²) in [5.74, 6) is -1.64. The van der Waals surface area contributed by atoms with E-state index in [9.17, 15) is 0 Å². The zero-order chi connectivity index (χ0) is 75.6. The average Bonchev–Trinajstić information content (AvgIpc) is 1.08. The van der Waals surface area contributed by atoms with Gasteiger partial charge in [-0.1, -0.05) is 182 Å². The monoisotopic (exact) mass is 1450 g/mol. The third-order valence-corrected chi connectivity index (χ3v) is 21.3. The summed E-state index contributed by atoms with van der Waals surface area (Å²) < 4.78 is 13.3. The molecule has 16 bridgehead atoms. The molecule has 6 aromatic heterocycles. The lowest BCUT2D eigenvalue weighted by molar-refractivity contribution is 0.0822. The number of aromatic amines is 4. The molecule has 0 saturated heterocycles. The largest absolute Gasteiger partial charge is 0.486 e. The Kier molecular flexibility index (Phi) is 15.8.